The Morgan fingerprint density at radius 1 is 1.03 bits per heavy atom. The number of carbonyl (C=O) groups is 2. The Morgan fingerprint density at radius 2 is 1.88 bits per heavy atom. The highest BCUT2D eigenvalue weighted by atomic mass is 16.5. The van der Waals surface area contributed by atoms with Crippen LogP contribution in [0.5, 0.6) is 0 Å². The zero-order chi connectivity index (χ0) is 22.5. The van der Waals surface area contributed by atoms with Gasteiger partial charge in [0.15, 0.2) is 0 Å². The fraction of sp³-hybridized carbons (Fsp3) is 0.808. The lowest BCUT2D eigenvalue weighted by Crippen LogP contribution is -2.38. The van der Waals surface area contributed by atoms with E-state index >= 15 is 0 Å². The Labute approximate surface area is 196 Å². The Kier molecular flexibility index (Phi) is 5.71. The molecule has 0 N–H and O–H groups in total. The Hall–Kier alpha value is -1.89. The van der Waals surface area contributed by atoms with E-state index in [-0.39, 0.29) is 23.8 Å². The predicted octanol–water partition coefficient (Wildman–Crippen LogP) is 3.37. The van der Waals surface area contributed by atoms with Crippen molar-refractivity contribution in [2.24, 2.45) is 35.5 Å². The molecule has 1 aromatic rings. The molecular weight excluding hydrogens is 418 g/mol. The lowest BCUT2D eigenvalue weighted by Gasteiger charge is -2.37. The Bertz CT molecular complexity index is 913. The summed E-state index contributed by atoms with van der Waals surface area (Å²) < 4.78 is 13.0. The van der Waals surface area contributed by atoms with Gasteiger partial charge in [0.1, 0.15) is 5.82 Å². The van der Waals surface area contributed by atoms with Crippen molar-refractivity contribution in [3.8, 4) is 0 Å². The van der Waals surface area contributed by atoms with Crippen LogP contribution in [0.2, 0.25) is 0 Å². The molecule has 2 saturated carbocycles. The first-order valence-corrected chi connectivity index (χ1v) is 13.2. The van der Waals surface area contributed by atoms with Crippen LogP contribution in [0.15, 0.2) is 6.20 Å². The first-order valence-electron chi connectivity index (χ1n) is 13.2. The molecule has 5 aliphatic rings. The monoisotopic (exact) mass is 455 g/mol. The Balaban J connectivity index is 1.04. The van der Waals surface area contributed by atoms with Crippen LogP contribution in [0.1, 0.15) is 69.3 Å². The first kappa shape index (κ1) is 21.6. The van der Waals surface area contributed by atoms with Crippen molar-refractivity contribution in [2.45, 2.75) is 70.9 Å². The SMILES string of the molecule is CC1C(CCN2CCn3cc(C4CCC5C(=O)OCCC5C4)nc3C2)CCC2C(=O)OCC21. The van der Waals surface area contributed by atoms with Gasteiger partial charge in [-0.25, -0.2) is 4.98 Å². The molecule has 2 aliphatic carbocycles. The van der Waals surface area contributed by atoms with Crippen molar-refractivity contribution in [1.82, 2.24) is 14.5 Å². The molecule has 6 rings (SSSR count). The van der Waals surface area contributed by atoms with Crippen LogP contribution >= 0.6 is 0 Å². The zero-order valence-electron chi connectivity index (χ0n) is 19.8. The van der Waals surface area contributed by atoms with Crippen molar-refractivity contribution < 1.29 is 19.1 Å². The van der Waals surface area contributed by atoms with E-state index in [1.807, 2.05) is 0 Å². The number of hydrogen-bond donors (Lipinski definition) is 0. The highest BCUT2D eigenvalue weighted by Gasteiger charge is 2.45. The van der Waals surface area contributed by atoms with Gasteiger partial charge < -0.3 is 14.0 Å². The van der Waals surface area contributed by atoms with Crippen molar-refractivity contribution in [3.63, 3.8) is 0 Å². The second kappa shape index (κ2) is 8.71. The topological polar surface area (TPSA) is 73.7 Å². The van der Waals surface area contributed by atoms with Gasteiger partial charge in [0, 0.05) is 31.1 Å². The van der Waals surface area contributed by atoms with Gasteiger partial charge in [-0.15, -0.1) is 0 Å². The van der Waals surface area contributed by atoms with Gasteiger partial charge in [-0.2, -0.15) is 0 Å². The first-order chi connectivity index (χ1) is 16.1. The van der Waals surface area contributed by atoms with Crippen molar-refractivity contribution >= 4 is 11.9 Å². The molecule has 0 radical (unpaired) electrons. The normalized spacial score (nSPS) is 38.8. The third-order valence-corrected chi connectivity index (χ3v) is 9.66. The lowest BCUT2D eigenvalue weighted by molar-refractivity contribution is -0.158. The summed E-state index contributed by atoms with van der Waals surface area (Å²) in [7, 11) is 0. The fourth-order valence-electron chi connectivity index (χ4n) is 7.48. The average molecular weight is 456 g/mol. The van der Waals surface area contributed by atoms with Gasteiger partial charge >= 0.3 is 11.9 Å². The number of carbonyl (C=O) groups excluding carboxylic acids is 2. The summed E-state index contributed by atoms with van der Waals surface area (Å²) in [6, 6.07) is 0. The van der Waals surface area contributed by atoms with Gasteiger partial charge in [-0.1, -0.05) is 6.92 Å². The zero-order valence-corrected chi connectivity index (χ0v) is 19.8. The molecule has 0 amide bonds. The number of fused-ring (bicyclic) bond motifs is 3. The summed E-state index contributed by atoms with van der Waals surface area (Å²) in [5, 5.41) is 0. The number of nitrogens with zero attached hydrogens (tertiary/aromatic N) is 3. The largest absolute Gasteiger partial charge is 0.465 e. The van der Waals surface area contributed by atoms with Crippen LogP contribution < -0.4 is 0 Å². The molecule has 7 heteroatoms. The highest BCUT2D eigenvalue weighted by Crippen LogP contribution is 2.45. The van der Waals surface area contributed by atoms with Crippen LogP contribution in [0.4, 0.5) is 0 Å². The third-order valence-electron chi connectivity index (χ3n) is 9.66. The molecule has 7 atom stereocenters. The quantitative estimate of drug-likeness (QED) is 0.648. The molecule has 2 saturated heterocycles. The summed E-state index contributed by atoms with van der Waals surface area (Å²) in [6.45, 7) is 7.69. The van der Waals surface area contributed by atoms with E-state index in [4.69, 9.17) is 14.5 Å². The maximum Gasteiger partial charge on any atom is 0.309 e. The molecule has 3 aliphatic heterocycles. The summed E-state index contributed by atoms with van der Waals surface area (Å²) in [6.07, 6.45) is 9.73. The summed E-state index contributed by atoms with van der Waals surface area (Å²) in [4.78, 5) is 31.6. The second-order valence-electron chi connectivity index (χ2n) is 11.3. The van der Waals surface area contributed by atoms with Crippen LogP contribution in [-0.2, 0) is 32.2 Å². The van der Waals surface area contributed by atoms with Crippen molar-refractivity contribution in [3.05, 3.63) is 17.7 Å². The second-order valence-corrected chi connectivity index (χ2v) is 11.3. The molecule has 7 unspecified atom stereocenters. The van der Waals surface area contributed by atoms with Crippen LogP contribution in [0.3, 0.4) is 0 Å². The smallest absolute Gasteiger partial charge is 0.309 e. The minimum Gasteiger partial charge on any atom is -0.465 e. The number of hydrogen-bond acceptors (Lipinski definition) is 6. The molecule has 33 heavy (non-hydrogen) atoms. The molecule has 4 heterocycles. The molecule has 1 aromatic heterocycles. The third kappa shape index (κ3) is 4.00. The van der Waals surface area contributed by atoms with E-state index in [1.165, 1.54) is 17.9 Å². The number of aromatic nitrogens is 2. The van der Waals surface area contributed by atoms with E-state index in [1.54, 1.807) is 0 Å². The minimum absolute atomic E-state index is 0.0272. The van der Waals surface area contributed by atoms with Crippen LogP contribution in [0, 0.1) is 35.5 Å². The summed E-state index contributed by atoms with van der Waals surface area (Å²) in [5.41, 5.74) is 1.24. The molecule has 7 nitrogen and oxygen atoms in total. The van der Waals surface area contributed by atoms with Gasteiger partial charge in [-0.05, 0) is 69.2 Å². The molecule has 0 aromatic carbocycles. The van der Waals surface area contributed by atoms with E-state index in [0.29, 0.717) is 42.8 Å². The highest BCUT2D eigenvalue weighted by molar-refractivity contribution is 5.75. The molecule has 180 valence electrons. The lowest BCUT2D eigenvalue weighted by atomic mass is 9.67. The van der Waals surface area contributed by atoms with Crippen molar-refractivity contribution in [1.29, 1.82) is 0 Å². The van der Waals surface area contributed by atoms with Crippen molar-refractivity contribution in [2.75, 3.05) is 26.3 Å². The number of imidazole rings is 1. The van der Waals surface area contributed by atoms with E-state index in [9.17, 15) is 9.59 Å². The van der Waals surface area contributed by atoms with E-state index in [0.717, 1.165) is 64.7 Å². The Morgan fingerprint density at radius 3 is 2.79 bits per heavy atom. The summed E-state index contributed by atoms with van der Waals surface area (Å²) >= 11 is 0. The number of esters is 2. The van der Waals surface area contributed by atoms with Crippen LogP contribution in [-0.4, -0.2) is 52.7 Å². The maximum absolute atomic E-state index is 12.1. The molecule has 0 spiro atoms. The number of rotatable bonds is 4. The van der Waals surface area contributed by atoms with Crippen LogP contribution in [0.25, 0.3) is 0 Å². The number of ether oxygens (including phenoxy) is 2. The standard InChI is InChI=1S/C26H37N3O4/c1-16-17(2-5-21-22(16)15-33-26(21)31)6-8-28-9-10-29-13-23(27-24(29)14-28)19-3-4-20-18(12-19)7-11-32-25(20)30/h13,16-22H,2-12,14-15H2,1H3. The maximum atomic E-state index is 12.1. The number of cyclic esters (lactones) is 2. The molecule has 4 fully saturated rings. The van der Waals surface area contributed by atoms with Gasteiger partial charge in [-0.3, -0.25) is 14.5 Å². The van der Waals surface area contributed by atoms with Gasteiger partial charge in [0.25, 0.3) is 0 Å². The predicted molar refractivity (Wildman–Crippen MR) is 121 cm³/mol. The summed E-state index contributed by atoms with van der Waals surface area (Å²) in [5.74, 6) is 4.19. The van der Waals surface area contributed by atoms with E-state index < -0.39 is 0 Å². The van der Waals surface area contributed by atoms with E-state index in [2.05, 4.69) is 22.6 Å². The fourth-order valence-corrected chi connectivity index (χ4v) is 7.48. The average Bonchev–Trinajstić information content (AvgIpc) is 3.42. The van der Waals surface area contributed by atoms with Gasteiger partial charge in [0.2, 0.25) is 0 Å². The molecule has 0 bridgehead atoms. The molecular formula is C26H37N3O4. The minimum atomic E-state index is 0.0272. The van der Waals surface area contributed by atoms with Gasteiger partial charge in [0.05, 0.1) is 37.3 Å².